The summed E-state index contributed by atoms with van der Waals surface area (Å²) in [6, 6.07) is 1.25. The highest BCUT2D eigenvalue weighted by atomic mass is 32.1. The van der Waals surface area contributed by atoms with Crippen molar-refractivity contribution >= 4 is 11.3 Å². The van der Waals surface area contributed by atoms with Gasteiger partial charge in [-0.05, 0) is 13.0 Å². The van der Waals surface area contributed by atoms with Crippen LogP contribution in [0.4, 0.5) is 13.2 Å². The van der Waals surface area contributed by atoms with Gasteiger partial charge < -0.3 is 5.73 Å². The van der Waals surface area contributed by atoms with Gasteiger partial charge in [0.15, 0.2) is 5.01 Å². The minimum Gasteiger partial charge on any atom is -0.330 e. The number of aryl methyl sites for hydroxylation is 1. The van der Waals surface area contributed by atoms with Crippen LogP contribution in [0, 0.1) is 17.5 Å². The van der Waals surface area contributed by atoms with Crippen LogP contribution in [0.5, 0.6) is 0 Å². The summed E-state index contributed by atoms with van der Waals surface area (Å²) in [6.45, 7) is 0.508. The summed E-state index contributed by atoms with van der Waals surface area (Å²) in [6.07, 6.45) is 1.33. The number of hydrogen-bond acceptors (Lipinski definition) is 4. The van der Waals surface area contributed by atoms with Crippen molar-refractivity contribution in [2.24, 2.45) is 5.73 Å². The fourth-order valence-electron chi connectivity index (χ4n) is 1.46. The highest BCUT2D eigenvalue weighted by molar-refractivity contribution is 7.14. The van der Waals surface area contributed by atoms with Crippen LogP contribution in [0.15, 0.2) is 12.1 Å². The molecule has 18 heavy (non-hydrogen) atoms. The van der Waals surface area contributed by atoms with Crippen LogP contribution in [0.1, 0.15) is 11.4 Å². The van der Waals surface area contributed by atoms with E-state index in [0.717, 1.165) is 17.8 Å². The zero-order valence-electron chi connectivity index (χ0n) is 9.29. The standard InChI is InChI=1S/C11H10F3N3S/c12-6-4-7(13)10(8(14)5-6)11-17-16-9(18-11)2-1-3-15/h4-5H,1-3,15H2. The highest BCUT2D eigenvalue weighted by Gasteiger charge is 2.17. The first-order chi connectivity index (χ1) is 8.61. The number of nitrogens with two attached hydrogens (primary N) is 1. The molecule has 0 amide bonds. The van der Waals surface area contributed by atoms with Crippen LogP contribution in [0.3, 0.4) is 0 Å². The fraction of sp³-hybridized carbons (Fsp3) is 0.273. The summed E-state index contributed by atoms with van der Waals surface area (Å²) in [5.41, 5.74) is 5.01. The molecule has 7 heteroatoms. The fourth-order valence-corrected chi connectivity index (χ4v) is 2.39. The maximum Gasteiger partial charge on any atom is 0.153 e. The predicted octanol–water partition coefficient (Wildman–Crippen LogP) is 2.51. The smallest absolute Gasteiger partial charge is 0.153 e. The van der Waals surface area contributed by atoms with Gasteiger partial charge in [-0.2, -0.15) is 0 Å². The lowest BCUT2D eigenvalue weighted by atomic mass is 10.2. The van der Waals surface area contributed by atoms with Crippen LogP contribution in [0.2, 0.25) is 0 Å². The molecule has 0 aliphatic carbocycles. The Morgan fingerprint density at radius 2 is 1.78 bits per heavy atom. The molecule has 0 saturated carbocycles. The second-order valence-electron chi connectivity index (χ2n) is 3.64. The third-order valence-electron chi connectivity index (χ3n) is 2.28. The summed E-state index contributed by atoms with van der Waals surface area (Å²) >= 11 is 1.08. The zero-order chi connectivity index (χ0) is 13.1. The van der Waals surface area contributed by atoms with Gasteiger partial charge in [0, 0.05) is 18.6 Å². The van der Waals surface area contributed by atoms with Crippen LogP contribution < -0.4 is 5.73 Å². The Hall–Kier alpha value is -1.47. The molecule has 1 aromatic carbocycles. The third kappa shape index (κ3) is 2.68. The first kappa shape index (κ1) is 13.0. The number of hydrogen-bond donors (Lipinski definition) is 1. The molecular formula is C11H10F3N3S. The van der Waals surface area contributed by atoms with Gasteiger partial charge >= 0.3 is 0 Å². The molecule has 0 spiro atoms. The van der Waals surface area contributed by atoms with E-state index in [0.29, 0.717) is 30.1 Å². The topological polar surface area (TPSA) is 51.8 Å². The summed E-state index contributed by atoms with van der Waals surface area (Å²) in [5, 5.41) is 8.30. The average molecular weight is 273 g/mol. The molecule has 0 aliphatic rings. The molecule has 0 radical (unpaired) electrons. The largest absolute Gasteiger partial charge is 0.330 e. The van der Waals surface area contributed by atoms with Gasteiger partial charge in [-0.3, -0.25) is 0 Å². The maximum absolute atomic E-state index is 13.5. The van der Waals surface area contributed by atoms with Crippen molar-refractivity contribution in [3.63, 3.8) is 0 Å². The Balaban J connectivity index is 2.34. The molecular weight excluding hydrogens is 263 g/mol. The lowest BCUT2D eigenvalue weighted by Crippen LogP contribution is -1.99. The lowest BCUT2D eigenvalue weighted by molar-refractivity contribution is 0.547. The Bertz CT molecular complexity index is 533. The van der Waals surface area contributed by atoms with Crippen molar-refractivity contribution in [3.8, 4) is 10.6 Å². The molecule has 2 N–H and O–H groups in total. The van der Waals surface area contributed by atoms with Crippen molar-refractivity contribution in [2.45, 2.75) is 12.8 Å². The van der Waals surface area contributed by atoms with Gasteiger partial charge in [-0.25, -0.2) is 13.2 Å². The molecule has 0 unspecified atom stereocenters. The molecule has 2 rings (SSSR count). The molecule has 2 aromatic rings. The lowest BCUT2D eigenvalue weighted by Gasteiger charge is -2.00. The van der Waals surface area contributed by atoms with Crippen molar-refractivity contribution in [3.05, 3.63) is 34.6 Å². The molecule has 0 atom stereocenters. The van der Waals surface area contributed by atoms with E-state index in [4.69, 9.17) is 5.73 Å². The molecule has 0 bridgehead atoms. The number of halogens is 3. The van der Waals surface area contributed by atoms with E-state index in [1.54, 1.807) is 0 Å². The van der Waals surface area contributed by atoms with Crippen molar-refractivity contribution in [1.82, 2.24) is 10.2 Å². The maximum atomic E-state index is 13.5. The van der Waals surface area contributed by atoms with Crippen LogP contribution in [0.25, 0.3) is 10.6 Å². The van der Waals surface area contributed by atoms with Crippen LogP contribution in [-0.2, 0) is 6.42 Å². The van der Waals surface area contributed by atoms with Gasteiger partial charge in [0.1, 0.15) is 22.5 Å². The number of benzene rings is 1. The Kier molecular flexibility index (Phi) is 3.93. The van der Waals surface area contributed by atoms with Gasteiger partial charge in [0.2, 0.25) is 0 Å². The van der Waals surface area contributed by atoms with Gasteiger partial charge in [0.25, 0.3) is 0 Å². The van der Waals surface area contributed by atoms with Crippen molar-refractivity contribution < 1.29 is 13.2 Å². The summed E-state index contributed by atoms with van der Waals surface area (Å²) in [7, 11) is 0. The van der Waals surface area contributed by atoms with E-state index in [9.17, 15) is 13.2 Å². The second kappa shape index (κ2) is 5.45. The third-order valence-corrected chi connectivity index (χ3v) is 3.28. The predicted molar refractivity (Wildman–Crippen MR) is 62.6 cm³/mol. The first-order valence-electron chi connectivity index (χ1n) is 5.29. The Labute approximate surface area is 105 Å². The zero-order valence-corrected chi connectivity index (χ0v) is 10.1. The quantitative estimate of drug-likeness (QED) is 0.931. The Morgan fingerprint density at radius 1 is 1.11 bits per heavy atom. The summed E-state index contributed by atoms with van der Waals surface area (Å²) < 4.78 is 39.8. The number of nitrogens with zero attached hydrogens (tertiary/aromatic N) is 2. The van der Waals surface area contributed by atoms with Crippen LogP contribution in [-0.4, -0.2) is 16.7 Å². The molecule has 0 saturated heterocycles. The van der Waals surface area contributed by atoms with E-state index >= 15 is 0 Å². The SMILES string of the molecule is NCCCc1nnc(-c2c(F)cc(F)cc2F)s1. The van der Waals surface area contributed by atoms with Crippen molar-refractivity contribution in [1.29, 1.82) is 0 Å². The second-order valence-corrected chi connectivity index (χ2v) is 4.70. The number of aromatic nitrogens is 2. The Morgan fingerprint density at radius 3 is 2.39 bits per heavy atom. The van der Waals surface area contributed by atoms with E-state index in [1.807, 2.05) is 0 Å². The summed E-state index contributed by atoms with van der Waals surface area (Å²) in [4.78, 5) is 0. The molecule has 0 aliphatic heterocycles. The van der Waals surface area contributed by atoms with E-state index < -0.39 is 17.5 Å². The number of rotatable bonds is 4. The molecule has 1 aromatic heterocycles. The minimum atomic E-state index is -0.978. The van der Waals surface area contributed by atoms with Crippen molar-refractivity contribution in [2.75, 3.05) is 6.54 Å². The highest BCUT2D eigenvalue weighted by Crippen LogP contribution is 2.29. The molecule has 0 fully saturated rings. The molecule has 96 valence electrons. The van der Waals surface area contributed by atoms with E-state index in [1.165, 1.54) is 0 Å². The minimum absolute atomic E-state index is 0.108. The monoisotopic (exact) mass is 273 g/mol. The normalized spacial score (nSPS) is 10.9. The van der Waals surface area contributed by atoms with Gasteiger partial charge in [-0.15, -0.1) is 10.2 Å². The van der Waals surface area contributed by atoms with E-state index in [-0.39, 0.29) is 10.6 Å². The van der Waals surface area contributed by atoms with Gasteiger partial charge in [-0.1, -0.05) is 11.3 Å². The molecule has 1 heterocycles. The average Bonchev–Trinajstić information content (AvgIpc) is 2.73. The summed E-state index contributed by atoms with van der Waals surface area (Å²) in [5.74, 6) is -2.91. The van der Waals surface area contributed by atoms with Gasteiger partial charge in [0.05, 0.1) is 5.56 Å². The molecule has 3 nitrogen and oxygen atoms in total. The first-order valence-corrected chi connectivity index (χ1v) is 6.11. The van der Waals surface area contributed by atoms with E-state index in [2.05, 4.69) is 10.2 Å². The van der Waals surface area contributed by atoms with Crippen LogP contribution >= 0.6 is 11.3 Å².